The summed E-state index contributed by atoms with van der Waals surface area (Å²) < 4.78 is 0. The Bertz CT molecular complexity index is 505. The predicted octanol–water partition coefficient (Wildman–Crippen LogP) is 1.55. The summed E-state index contributed by atoms with van der Waals surface area (Å²) in [7, 11) is 0. The fourth-order valence-electron chi connectivity index (χ4n) is 1.37. The minimum absolute atomic E-state index is 0.256. The average molecular weight is 216 g/mol. The van der Waals surface area contributed by atoms with E-state index in [9.17, 15) is 4.79 Å². The van der Waals surface area contributed by atoms with Crippen LogP contribution in [-0.4, -0.2) is 16.1 Å². The number of hydrogen-bond acceptors (Lipinski definition) is 3. The Kier molecular flexibility index (Phi) is 2.59. The highest BCUT2D eigenvalue weighted by Gasteiger charge is 2.08. The van der Waals surface area contributed by atoms with Gasteiger partial charge in [-0.1, -0.05) is 6.07 Å². The smallest absolute Gasteiger partial charge is 0.273 e. The molecule has 0 radical (unpaired) electrons. The molecule has 5 heteroatoms. The third-order valence-electron chi connectivity index (χ3n) is 2.20. The first-order valence-corrected chi connectivity index (χ1v) is 4.83. The Morgan fingerprint density at radius 1 is 1.44 bits per heavy atom. The monoisotopic (exact) mass is 216 g/mol. The van der Waals surface area contributed by atoms with Gasteiger partial charge in [-0.05, 0) is 30.7 Å². The molecule has 82 valence electrons. The molecule has 5 nitrogen and oxygen atoms in total. The summed E-state index contributed by atoms with van der Waals surface area (Å²) in [6.07, 6.45) is 1.52. The van der Waals surface area contributed by atoms with Crippen molar-refractivity contribution in [3.63, 3.8) is 0 Å². The quantitative estimate of drug-likeness (QED) is 0.666. The molecule has 16 heavy (non-hydrogen) atoms. The lowest BCUT2D eigenvalue weighted by Crippen LogP contribution is -2.13. The number of carbonyl (C=O) groups excluding carboxylic acids is 1. The first-order valence-electron chi connectivity index (χ1n) is 4.83. The van der Waals surface area contributed by atoms with Crippen molar-refractivity contribution in [2.45, 2.75) is 6.92 Å². The molecule has 0 unspecified atom stereocenters. The van der Waals surface area contributed by atoms with Gasteiger partial charge in [-0.3, -0.25) is 9.89 Å². The van der Waals surface area contributed by atoms with Crippen LogP contribution < -0.4 is 11.1 Å². The van der Waals surface area contributed by atoms with E-state index in [1.165, 1.54) is 6.20 Å². The van der Waals surface area contributed by atoms with Crippen LogP contribution in [-0.2, 0) is 0 Å². The zero-order valence-electron chi connectivity index (χ0n) is 8.82. The molecule has 1 amide bonds. The van der Waals surface area contributed by atoms with Gasteiger partial charge in [0.05, 0.1) is 11.4 Å². The predicted molar refractivity (Wildman–Crippen MR) is 62.1 cm³/mol. The Labute approximate surface area is 92.7 Å². The molecule has 4 N–H and O–H groups in total. The van der Waals surface area contributed by atoms with Crippen LogP contribution in [0.3, 0.4) is 0 Å². The normalized spacial score (nSPS) is 10.1. The summed E-state index contributed by atoms with van der Waals surface area (Å²) in [6.45, 7) is 1.94. The van der Waals surface area contributed by atoms with Crippen LogP contribution in [0.25, 0.3) is 0 Å². The second-order valence-electron chi connectivity index (χ2n) is 3.52. The minimum atomic E-state index is -0.256. The molecule has 2 rings (SSSR count). The number of carbonyl (C=O) groups is 1. The van der Waals surface area contributed by atoms with E-state index >= 15 is 0 Å². The van der Waals surface area contributed by atoms with Gasteiger partial charge in [0, 0.05) is 6.20 Å². The molecule has 0 saturated carbocycles. The number of aromatic amines is 1. The molecule has 0 spiro atoms. The molecule has 0 aliphatic rings. The van der Waals surface area contributed by atoms with Gasteiger partial charge in [-0.25, -0.2) is 0 Å². The molecular weight excluding hydrogens is 204 g/mol. The van der Waals surface area contributed by atoms with E-state index < -0.39 is 0 Å². The maximum Gasteiger partial charge on any atom is 0.273 e. The van der Waals surface area contributed by atoms with Gasteiger partial charge in [-0.15, -0.1) is 0 Å². The first kappa shape index (κ1) is 10.2. The van der Waals surface area contributed by atoms with Crippen molar-refractivity contribution in [3.05, 3.63) is 41.7 Å². The number of benzene rings is 1. The number of aryl methyl sites for hydroxylation is 1. The van der Waals surface area contributed by atoms with E-state index in [1.54, 1.807) is 12.1 Å². The van der Waals surface area contributed by atoms with Crippen LogP contribution in [0.5, 0.6) is 0 Å². The molecule has 0 saturated heterocycles. The standard InChI is InChI=1S/C11H12N4O/c1-7-2-3-9(8(12)6-7)14-11(16)10-4-5-13-15-10/h2-6H,12H2,1H3,(H,13,15)(H,14,16). The molecule has 1 heterocycles. The molecule has 0 bridgehead atoms. The van der Waals surface area contributed by atoms with Gasteiger partial charge >= 0.3 is 0 Å². The number of anilines is 2. The third-order valence-corrected chi connectivity index (χ3v) is 2.20. The highest BCUT2D eigenvalue weighted by atomic mass is 16.1. The largest absolute Gasteiger partial charge is 0.397 e. The molecule has 0 atom stereocenters. The maximum atomic E-state index is 11.7. The fourth-order valence-corrected chi connectivity index (χ4v) is 1.37. The topological polar surface area (TPSA) is 83.8 Å². The number of nitrogen functional groups attached to an aromatic ring is 1. The van der Waals surface area contributed by atoms with Gasteiger partial charge in [0.2, 0.25) is 0 Å². The first-order chi connectivity index (χ1) is 7.66. The number of rotatable bonds is 2. The number of nitrogens with zero attached hydrogens (tertiary/aromatic N) is 1. The molecule has 1 aromatic carbocycles. The summed E-state index contributed by atoms with van der Waals surface area (Å²) in [6, 6.07) is 7.07. The number of aromatic nitrogens is 2. The van der Waals surface area contributed by atoms with Crippen molar-refractivity contribution in [1.29, 1.82) is 0 Å². The molecule has 0 aliphatic heterocycles. The summed E-state index contributed by atoms with van der Waals surface area (Å²) >= 11 is 0. The second kappa shape index (κ2) is 4.06. The van der Waals surface area contributed by atoms with Crippen molar-refractivity contribution in [2.75, 3.05) is 11.1 Å². The van der Waals surface area contributed by atoms with E-state index in [2.05, 4.69) is 15.5 Å². The number of nitrogens with one attached hydrogen (secondary N) is 2. The summed E-state index contributed by atoms with van der Waals surface area (Å²) in [5.41, 5.74) is 8.39. The van der Waals surface area contributed by atoms with Crippen LogP contribution in [0, 0.1) is 6.92 Å². The second-order valence-corrected chi connectivity index (χ2v) is 3.52. The summed E-state index contributed by atoms with van der Waals surface area (Å²) in [5.74, 6) is -0.256. The Hall–Kier alpha value is -2.30. The molecule has 0 fully saturated rings. The number of hydrogen-bond donors (Lipinski definition) is 3. The average Bonchev–Trinajstić information content (AvgIpc) is 2.75. The van der Waals surface area contributed by atoms with Gasteiger partial charge in [-0.2, -0.15) is 5.10 Å². The number of H-pyrrole nitrogens is 1. The van der Waals surface area contributed by atoms with Crippen molar-refractivity contribution in [2.24, 2.45) is 0 Å². The van der Waals surface area contributed by atoms with E-state index in [1.807, 2.05) is 19.1 Å². The number of nitrogens with two attached hydrogens (primary N) is 1. The summed E-state index contributed by atoms with van der Waals surface area (Å²) in [5, 5.41) is 8.99. The zero-order chi connectivity index (χ0) is 11.5. The van der Waals surface area contributed by atoms with Crippen LogP contribution in [0.1, 0.15) is 16.1 Å². The van der Waals surface area contributed by atoms with Crippen LogP contribution in [0.15, 0.2) is 30.5 Å². The SMILES string of the molecule is Cc1ccc(NC(=O)c2ccn[nH]2)c(N)c1. The number of amides is 1. The van der Waals surface area contributed by atoms with Crippen LogP contribution >= 0.6 is 0 Å². The van der Waals surface area contributed by atoms with Crippen molar-refractivity contribution in [1.82, 2.24) is 10.2 Å². The zero-order valence-corrected chi connectivity index (χ0v) is 8.82. The molecule has 1 aromatic heterocycles. The van der Waals surface area contributed by atoms with Crippen LogP contribution in [0.4, 0.5) is 11.4 Å². The Morgan fingerprint density at radius 2 is 2.25 bits per heavy atom. The minimum Gasteiger partial charge on any atom is -0.397 e. The Balaban J connectivity index is 2.18. The highest BCUT2D eigenvalue weighted by Crippen LogP contribution is 2.19. The maximum absolute atomic E-state index is 11.7. The third kappa shape index (κ3) is 2.03. The van der Waals surface area contributed by atoms with Gasteiger partial charge in [0.1, 0.15) is 5.69 Å². The lowest BCUT2D eigenvalue weighted by Gasteiger charge is -2.07. The van der Waals surface area contributed by atoms with Crippen molar-refractivity contribution < 1.29 is 4.79 Å². The van der Waals surface area contributed by atoms with E-state index in [0.717, 1.165) is 5.56 Å². The van der Waals surface area contributed by atoms with Crippen molar-refractivity contribution >= 4 is 17.3 Å². The van der Waals surface area contributed by atoms with E-state index in [4.69, 9.17) is 5.73 Å². The van der Waals surface area contributed by atoms with E-state index in [-0.39, 0.29) is 5.91 Å². The van der Waals surface area contributed by atoms with Gasteiger partial charge in [0.25, 0.3) is 5.91 Å². The molecule has 2 aromatic rings. The summed E-state index contributed by atoms with van der Waals surface area (Å²) in [4.78, 5) is 11.7. The fraction of sp³-hybridized carbons (Fsp3) is 0.0909. The highest BCUT2D eigenvalue weighted by molar-refractivity contribution is 6.04. The van der Waals surface area contributed by atoms with Gasteiger partial charge in [0.15, 0.2) is 0 Å². The van der Waals surface area contributed by atoms with E-state index in [0.29, 0.717) is 17.1 Å². The lowest BCUT2D eigenvalue weighted by atomic mass is 10.2. The Morgan fingerprint density at radius 3 is 2.88 bits per heavy atom. The lowest BCUT2D eigenvalue weighted by molar-refractivity contribution is 0.102. The van der Waals surface area contributed by atoms with Crippen molar-refractivity contribution in [3.8, 4) is 0 Å². The van der Waals surface area contributed by atoms with Crippen LogP contribution in [0.2, 0.25) is 0 Å². The van der Waals surface area contributed by atoms with Gasteiger partial charge < -0.3 is 11.1 Å². The molecular formula is C11H12N4O. The molecule has 0 aliphatic carbocycles.